The van der Waals surface area contributed by atoms with E-state index in [0.717, 1.165) is 5.57 Å². The fraction of sp³-hybridized carbons (Fsp3) is 0.143. The molecule has 3 nitrogen and oxygen atoms in total. The van der Waals surface area contributed by atoms with Gasteiger partial charge in [0.1, 0.15) is 23.1 Å². The quantitative estimate of drug-likeness (QED) is 0.263. The van der Waals surface area contributed by atoms with Gasteiger partial charge in [0.05, 0.1) is 11.8 Å². The molecule has 36 heavy (non-hydrogen) atoms. The summed E-state index contributed by atoms with van der Waals surface area (Å²) in [5.74, 6) is -9.27. The number of amides is 2. The van der Waals surface area contributed by atoms with Crippen LogP contribution in [0.25, 0.3) is 5.57 Å². The standard InChI is InChI=1S/C28H16F5NO2/c29-15-5-1-13(2-6-15)22(14-3-7-16(30)8-4-14)23-18-9-10-19(23)25-24(18)27(35)34(28(25)36)26-20(32)11-17(31)12-21(26)33/h1-12,18-19,24-25H. The minimum atomic E-state index is -1.34. The van der Waals surface area contributed by atoms with Gasteiger partial charge in [0, 0.05) is 24.0 Å². The number of carbonyl (C=O) groups excluding carboxylic acids is 2. The summed E-state index contributed by atoms with van der Waals surface area (Å²) in [7, 11) is 0. The summed E-state index contributed by atoms with van der Waals surface area (Å²) in [5.41, 5.74) is 1.71. The molecule has 6 rings (SSSR count). The number of benzene rings is 3. The average molecular weight is 493 g/mol. The summed E-state index contributed by atoms with van der Waals surface area (Å²) in [6.45, 7) is 0. The zero-order valence-electron chi connectivity index (χ0n) is 18.4. The predicted octanol–water partition coefficient (Wildman–Crippen LogP) is 5.81. The molecule has 2 amide bonds. The topological polar surface area (TPSA) is 37.4 Å². The highest BCUT2D eigenvalue weighted by Crippen LogP contribution is 2.59. The molecular weight excluding hydrogens is 477 g/mol. The van der Waals surface area contributed by atoms with Crippen LogP contribution in [0.3, 0.4) is 0 Å². The van der Waals surface area contributed by atoms with Gasteiger partial charge < -0.3 is 0 Å². The lowest BCUT2D eigenvalue weighted by Gasteiger charge is -2.22. The predicted molar refractivity (Wildman–Crippen MR) is 121 cm³/mol. The zero-order valence-corrected chi connectivity index (χ0v) is 18.4. The van der Waals surface area contributed by atoms with Crippen LogP contribution < -0.4 is 4.90 Å². The number of halogens is 5. The Morgan fingerprint density at radius 1 is 0.611 bits per heavy atom. The summed E-state index contributed by atoms with van der Waals surface area (Å²) in [5, 5.41) is 0. The maximum Gasteiger partial charge on any atom is 0.238 e. The van der Waals surface area contributed by atoms with Crippen LogP contribution in [-0.2, 0) is 9.59 Å². The van der Waals surface area contributed by atoms with Crippen molar-refractivity contribution in [3.8, 4) is 0 Å². The molecule has 1 saturated heterocycles. The SMILES string of the molecule is O=C1C2C3C=CC(C3=C(c3ccc(F)cc3)c3ccc(F)cc3)C2C(=O)N1c1c(F)cc(F)cc1F. The van der Waals surface area contributed by atoms with E-state index in [1.165, 1.54) is 24.3 Å². The summed E-state index contributed by atoms with van der Waals surface area (Å²) < 4.78 is 69.8. The number of nitrogens with zero attached hydrogens (tertiary/aromatic N) is 1. The molecule has 2 fully saturated rings. The Balaban J connectivity index is 1.49. The summed E-state index contributed by atoms with van der Waals surface area (Å²) >= 11 is 0. The first kappa shape index (κ1) is 22.4. The van der Waals surface area contributed by atoms with Gasteiger partial charge in [0.15, 0.2) is 11.6 Å². The van der Waals surface area contributed by atoms with Crippen molar-refractivity contribution in [3.63, 3.8) is 0 Å². The van der Waals surface area contributed by atoms with Gasteiger partial charge >= 0.3 is 0 Å². The monoisotopic (exact) mass is 493 g/mol. The first-order chi connectivity index (χ1) is 17.3. The molecule has 0 N–H and O–H groups in total. The third kappa shape index (κ3) is 3.17. The normalized spacial score (nSPS) is 24.1. The molecule has 4 atom stereocenters. The second-order valence-electron chi connectivity index (χ2n) is 9.06. The summed E-state index contributed by atoms with van der Waals surface area (Å²) in [4.78, 5) is 27.3. The maximum atomic E-state index is 14.5. The van der Waals surface area contributed by atoms with Crippen molar-refractivity contribution >= 4 is 23.1 Å². The Morgan fingerprint density at radius 3 is 1.44 bits per heavy atom. The second-order valence-corrected chi connectivity index (χ2v) is 9.06. The van der Waals surface area contributed by atoms with Crippen molar-refractivity contribution in [2.75, 3.05) is 4.90 Å². The molecule has 3 aromatic carbocycles. The minimum Gasteiger partial charge on any atom is -0.274 e. The van der Waals surface area contributed by atoms with Gasteiger partial charge in [-0.25, -0.2) is 26.9 Å². The van der Waals surface area contributed by atoms with Gasteiger partial charge in [-0.15, -0.1) is 0 Å². The van der Waals surface area contributed by atoms with Crippen molar-refractivity contribution in [1.29, 1.82) is 0 Å². The number of hydrogen-bond donors (Lipinski definition) is 0. The minimum absolute atomic E-state index is 0.423. The van der Waals surface area contributed by atoms with Crippen LogP contribution >= 0.6 is 0 Å². The fourth-order valence-corrected chi connectivity index (χ4v) is 5.80. The Hall–Kier alpha value is -4.07. The molecule has 1 saturated carbocycles. The highest BCUT2D eigenvalue weighted by molar-refractivity contribution is 6.23. The van der Waals surface area contributed by atoms with E-state index in [4.69, 9.17) is 0 Å². The molecule has 2 aliphatic carbocycles. The second kappa shape index (κ2) is 7.98. The van der Waals surface area contributed by atoms with E-state index in [0.29, 0.717) is 33.7 Å². The van der Waals surface area contributed by atoms with E-state index in [9.17, 15) is 31.5 Å². The van der Waals surface area contributed by atoms with Crippen molar-refractivity contribution in [2.45, 2.75) is 0 Å². The first-order valence-electron chi connectivity index (χ1n) is 11.2. The van der Waals surface area contributed by atoms with Gasteiger partial charge in [0.25, 0.3) is 0 Å². The van der Waals surface area contributed by atoms with Gasteiger partial charge in [-0.05, 0) is 46.5 Å². The molecule has 3 aliphatic rings. The number of anilines is 1. The van der Waals surface area contributed by atoms with Crippen molar-refractivity contribution in [3.05, 3.63) is 119 Å². The third-order valence-corrected chi connectivity index (χ3v) is 7.18. The lowest BCUT2D eigenvalue weighted by Crippen LogP contribution is -2.35. The Morgan fingerprint density at radius 2 is 1.03 bits per heavy atom. The zero-order chi connectivity index (χ0) is 25.3. The van der Waals surface area contributed by atoms with Crippen LogP contribution in [0.15, 0.2) is 78.4 Å². The molecule has 2 bridgehead atoms. The van der Waals surface area contributed by atoms with E-state index >= 15 is 0 Å². The number of hydrogen-bond acceptors (Lipinski definition) is 2. The molecule has 8 heteroatoms. The summed E-state index contributed by atoms with van der Waals surface area (Å²) in [6, 6.07) is 12.2. The number of allylic oxidation sites excluding steroid dienone is 3. The number of fused-ring (bicyclic) bond motifs is 5. The van der Waals surface area contributed by atoms with E-state index in [2.05, 4.69) is 0 Å². The maximum absolute atomic E-state index is 14.5. The van der Waals surface area contributed by atoms with Crippen LogP contribution in [0, 0.1) is 52.8 Å². The van der Waals surface area contributed by atoms with Gasteiger partial charge in [-0.2, -0.15) is 0 Å². The third-order valence-electron chi connectivity index (χ3n) is 7.18. The van der Waals surface area contributed by atoms with Crippen molar-refractivity contribution in [1.82, 2.24) is 0 Å². The number of carbonyl (C=O) groups is 2. The lowest BCUT2D eigenvalue weighted by molar-refractivity contribution is -0.123. The van der Waals surface area contributed by atoms with Gasteiger partial charge in [-0.1, -0.05) is 36.4 Å². The molecule has 0 radical (unpaired) electrons. The molecule has 0 spiro atoms. The largest absolute Gasteiger partial charge is 0.274 e. The fourth-order valence-electron chi connectivity index (χ4n) is 5.80. The molecular formula is C28H16F5NO2. The van der Waals surface area contributed by atoms with Crippen LogP contribution in [0.5, 0.6) is 0 Å². The highest BCUT2D eigenvalue weighted by Gasteiger charge is 2.63. The van der Waals surface area contributed by atoms with Gasteiger partial charge in [-0.3, -0.25) is 9.59 Å². The molecule has 4 unspecified atom stereocenters. The Bertz CT molecular complexity index is 1390. The van der Waals surface area contributed by atoms with Crippen molar-refractivity contribution in [2.24, 2.45) is 23.7 Å². The van der Waals surface area contributed by atoms with Crippen LogP contribution in [-0.4, -0.2) is 11.8 Å². The molecule has 180 valence electrons. The average Bonchev–Trinajstić information content (AvgIpc) is 3.46. The lowest BCUT2D eigenvalue weighted by atomic mass is 9.85. The molecule has 3 aromatic rings. The Labute approximate surface area is 202 Å². The van der Waals surface area contributed by atoms with E-state index in [1.54, 1.807) is 36.4 Å². The van der Waals surface area contributed by atoms with Crippen LogP contribution in [0.4, 0.5) is 27.6 Å². The van der Waals surface area contributed by atoms with E-state index in [1.807, 2.05) is 0 Å². The Kier molecular flexibility index (Phi) is 4.96. The van der Waals surface area contributed by atoms with E-state index in [-0.39, 0.29) is 0 Å². The van der Waals surface area contributed by atoms with E-state index < -0.39 is 70.3 Å². The first-order valence-corrected chi connectivity index (χ1v) is 11.2. The smallest absolute Gasteiger partial charge is 0.238 e. The van der Waals surface area contributed by atoms with Crippen LogP contribution in [0.1, 0.15) is 11.1 Å². The summed E-state index contributed by atoms with van der Waals surface area (Å²) in [6.07, 6.45) is 3.56. The van der Waals surface area contributed by atoms with Gasteiger partial charge in [0.2, 0.25) is 11.8 Å². The molecule has 1 heterocycles. The van der Waals surface area contributed by atoms with Crippen molar-refractivity contribution < 1.29 is 31.5 Å². The number of imide groups is 1. The molecule has 0 aromatic heterocycles. The number of rotatable bonds is 3. The highest BCUT2D eigenvalue weighted by atomic mass is 19.2. The molecule has 1 aliphatic heterocycles. The van der Waals surface area contributed by atoms with Crippen LogP contribution in [0.2, 0.25) is 0 Å².